The van der Waals surface area contributed by atoms with Crippen LogP contribution in [0.1, 0.15) is 6.23 Å². The monoisotopic (exact) mass is 407 g/mol. The lowest BCUT2D eigenvalue weighted by atomic mass is 10.4. The van der Waals surface area contributed by atoms with Gasteiger partial charge in [-0.25, -0.2) is 4.79 Å². The fourth-order valence-corrected chi connectivity index (χ4v) is 2.43. The first-order valence-electron chi connectivity index (χ1n) is 7.98. The highest BCUT2D eigenvalue weighted by Gasteiger charge is 2.22. The molecular weight excluding hydrogens is 381 g/mol. The number of nitrogens with one attached hydrogen (secondary N) is 2. The first-order chi connectivity index (χ1) is 12.7. The lowest BCUT2D eigenvalue weighted by Crippen LogP contribution is -2.38. The molecule has 0 aliphatic carbocycles. The quantitative estimate of drug-likeness (QED) is 0.365. The molecule has 1 aromatic heterocycles. The summed E-state index contributed by atoms with van der Waals surface area (Å²) < 4.78 is 22.6. The van der Waals surface area contributed by atoms with Crippen molar-refractivity contribution in [3.05, 3.63) is 33.1 Å². The number of hydrogen-bond donors (Lipinski definition) is 3. The van der Waals surface area contributed by atoms with E-state index in [1.807, 2.05) is 0 Å². The van der Waals surface area contributed by atoms with Crippen LogP contribution in [-0.2, 0) is 23.5 Å². The number of H-pyrrole nitrogens is 1. The number of methoxy groups -OCH3 is 1. The molecule has 12 heteroatoms. The minimum atomic E-state index is -2.75. The number of carbonyl (C=O) groups is 1. The van der Waals surface area contributed by atoms with Crippen LogP contribution < -0.4 is 16.6 Å². The molecule has 1 heterocycles. The molecule has 0 aliphatic rings. The van der Waals surface area contributed by atoms with Gasteiger partial charge in [-0.05, 0) is 0 Å². The molecule has 27 heavy (non-hydrogen) atoms. The van der Waals surface area contributed by atoms with Crippen molar-refractivity contribution in [3.8, 4) is 0 Å². The molecule has 1 unspecified atom stereocenters. The average molecular weight is 407 g/mol. The maximum atomic E-state index is 12.1. The Morgan fingerprint density at radius 1 is 1.41 bits per heavy atom. The molecule has 0 aliphatic heterocycles. The lowest BCUT2D eigenvalue weighted by Gasteiger charge is -2.26. The Balaban J connectivity index is 2.96. The van der Waals surface area contributed by atoms with Gasteiger partial charge in [0.1, 0.15) is 20.1 Å². The molecule has 1 amide bonds. The van der Waals surface area contributed by atoms with E-state index in [4.69, 9.17) is 18.7 Å². The Labute approximate surface area is 156 Å². The number of amides is 1. The molecule has 1 rings (SSSR count). The zero-order valence-corrected chi connectivity index (χ0v) is 16.4. The molecule has 0 spiro atoms. The molecule has 3 N–H and O–H groups in total. The Morgan fingerprint density at radius 2 is 2.11 bits per heavy atom. The average Bonchev–Trinajstić information content (AvgIpc) is 2.58. The third-order valence-corrected chi connectivity index (χ3v) is 3.88. The van der Waals surface area contributed by atoms with Gasteiger partial charge in [0.15, 0.2) is 6.23 Å². The molecule has 0 aromatic carbocycles. The van der Waals surface area contributed by atoms with E-state index in [-0.39, 0.29) is 32.3 Å². The summed E-state index contributed by atoms with van der Waals surface area (Å²) in [6, 6.07) is 1.16. The van der Waals surface area contributed by atoms with Crippen molar-refractivity contribution in [1.29, 1.82) is 0 Å². The van der Waals surface area contributed by atoms with Gasteiger partial charge in [0.25, 0.3) is 5.56 Å². The van der Waals surface area contributed by atoms with E-state index in [2.05, 4.69) is 16.6 Å². The molecule has 0 fully saturated rings. The van der Waals surface area contributed by atoms with Gasteiger partial charge >= 0.3 is 5.69 Å². The summed E-state index contributed by atoms with van der Waals surface area (Å²) in [5, 5.41) is 2.40. The van der Waals surface area contributed by atoms with E-state index in [0.717, 1.165) is 10.6 Å². The summed E-state index contributed by atoms with van der Waals surface area (Å²) in [6.45, 7) is 1.13. The van der Waals surface area contributed by atoms with E-state index in [1.165, 1.54) is 27.0 Å². The summed E-state index contributed by atoms with van der Waals surface area (Å²) in [5.74, 6) is -0.350. The normalized spacial score (nSPS) is 15.7. The zero-order valence-electron chi connectivity index (χ0n) is 15.5. The number of aromatic nitrogens is 2. The van der Waals surface area contributed by atoms with Gasteiger partial charge in [0.2, 0.25) is 5.91 Å². The van der Waals surface area contributed by atoms with Crippen LogP contribution in [0.3, 0.4) is 0 Å². The lowest BCUT2D eigenvalue weighted by molar-refractivity contribution is -0.138. The van der Waals surface area contributed by atoms with Gasteiger partial charge in [-0.1, -0.05) is 6.30 Å². The van der Waals surface area contributed by atoms with E-state index in [9.17, 15) is 19.3 Å². The molecule has 3 atom stereocenters. The van der Waals surface area contributed by atoms with Gasteiger partial charge in [0.05, 0.1) is 19.8 Å². The van der Waals surface area contributed by atoms with Gasteiger partial charge in [-0.15, -0.1) is 0 Å². The summed E-state index contributed by atoms with van der Waals surface area (Å²) in [5.41, 5.74) is -1.26. The van der Waals surface area contributed by atoms with Gasteiger partial charge in [0, 0.05) is 33.1 Å². The summed E-state index contributed by atoms with van der Waals surface area (Å²) in [4.78, 5) is 46.5. The number of carbonyl (C=O) groups excluding carboxylic acids is 1. The van der Waals surface area contributed by atoms with Crippen LogP contribution in [0.15, 0.2) is 21.9 Å². The first kappa shape index (κ1) is 23.3. The van der Waals surface area contributed by atoms with Gasteiger partial charge in [-0.2, -0.15) is 0 Å². The predicted octanol–water partition coefficient (Wildman–Crippen LogP) is -1.25. The van der Waals surface area contributed by atoms with Crippen LogP contribution in [0, 0.1) is 0 Å². The minimum absolute atomic E-state index is 0.0395. The second-order valence-corrected chi connectivity index (χ2v) is 8.08. The third-order valence-electron chi connectivity index (χ3n) is 3.17. The van der Waals surface area contributed by atoms with E-state index < -0.39 is 30.9 Å². The van der Waals surface area contributed by atoms with Gasteiger partial charge in [-0.3, -0.25) is 19.1 Å². The molecule has 11 nitrogen and oxygen atoms in total. The van der Waals surface area contributed by atoms with Crippen LogP contribution >= 0.6 is 7.34 Å². The summed E-state index contributed by atoms with van der Waals surface area (Å²) in [7, 11) is 0.171. The number of nitrogens with zero attached hydrogens (tertiary/aromatic N) is 1. The van der Waals surface area contributed by atoms with Crippen LogP contribution in [0.2, 0.25) is 0 Å². The van der Waals surface area contributed by atoms with Crippen molar-refractivity contribution in [2.75, 3.05) is 47.2 Å². The molecule has 0 radical (unpaired) electrons. The summed E-state index contributed by atoms with van der Waals surface area (Å²) >= 11 is 0. The second-order valence-electron chi connectivity index (χ2n) is 5.72. The standard InChI is InChI=1S/C15H26N3O8P/c1-16-13(20)9-24-10-14(18-6-5-12(19)17-15(18)21)26-11(7-23-2)8-25-27(3,4)22/h5-6,11,14,22H,3,7-10H2,1-2,4H3,(H,16,20)(H,17,19,21)/t11-,14-,27?/m1/s1. The minimum Gasteiger partial charge on any atom is -0.382 e. The van der Waals surface area contributed by atoms with Crippen LogP contribution in [0.4, 0.5) is 0 Å². The van der Waals surface area contributed by atoms with E-state index in [0.29, 0.717) is 0 Å². The molecule has 154 valence electrons. The number of hydrogen-bond acceptors (Lipinski definition) is 8. The smallest absolute Gasteiger partial charge is 0.330 e. The van der Waals surface area contributed by atoms with Crippen molar-refractivity contribution in [1.82, 2.24) is 14.9 Å². The molecule has 1 aromatic rings. The fraction of sp³-hybridized carbons (Fsp3) is 0.600. The number of rotatable bonds is 12. The summed E-state index contributed by atoms with van der Waals surface area (Å²) in [6.07, 6.45) is 3.13. The molecule has 0 bridgehead atoms. The van der Waals surface area contributed by atoms with Crippen molar-refractivity contribution < 1.29 is 28.4 Å². The fourth-order valence-electron chi connectivity index (χ4n) is 1.94. The topological polar surface area (TPSA) is 141 Å². The predicted molar refractivity (Wildman–Crippen MR) is 100 cm³/mol. The highest BCUT2D eigenvalue weighted by atomic mass is 31.2. The maximum Gasteiger partial charge on any atom is 0.330 e. The number of ether oxygens (including phenoxy) is 3. The first-order valence-corrected chi connectivity index (χ1v) is 10.3. The Kier molecular flexibility index (Phi) is 9.64. The maximum absolute atomic E-state index is 12.1. The SMILES string of the molecule is C=P(C)(O)OC[C@@H](COC)O[C@H](COCC(=O)NC)n1ccc(=O)[nH]c1=O. The largest absolute Gasteiger partial charge is 0.382 e. The van der Waals surface area contributed by atoms with Crippen LogP contribution in [-0.4, -0.2) is 80.0 Å². The molecule has 0 saturated carbocycles. The van der Waals surface area contributed by atoms with Crippen molar-refractivity contribution in [2.24, 2.45) is 0 Å². The molecule has 0 saturated heterocycles. The Bertz CT molecular complexity index is 756. The van der Waals surface area contributed by atoms with Crippen molar-refractivity contribution >= 4 is 19.5 Å². The van der Waals surface area contributed by atoms with E-state index in [1.54, 1.807) is 0 Å². The number of aromatic amines is 1. The van der Waals surface area contributed by atoms with Crippen molar-refractivity contribution in [3.63, 3.8) is 0 Å². The van der Waals surface area contributed by atoms with Crippen LogP contribution in [0.5, 0.6) is 0 Å². The third kappa shape index (κ3) is 9.14. The highest BCUT2D eigenvalue weighted by molar-refractivity contribution is 7.62. The highest BCUT2D eigenvalue weighted by Crippen LogP contribution is 2.36. The Morgan fingerprint density at radius 3 is 2.67 bits per heavy atom. The Hall–Kier alpha value is -1.75. The zero-order chi connectivity index (χ0) is 20.4. The van der Waals surface area contributed by atoms with Crippen LogP contribution in [0.25, 0.3) is 0 Å². The van der Waals surface area contributed by atoms with E-state index >= 15 is 0 Å². The number of likely N-dealkylation sites (N-methyl/N-ethyl adjacent to an activating group) is 1. The molecular formula is C15H26N3O8P. The van der Waals surface area contributed by atoms with Crippen molar-refractivity contribution in [2.45, 2.75) is 12.3 Å². The second kappa shape index (κ2) is 11.2. The van der Waals surface area contributed by atoms with Gasteiger partial charge < -0.3 is 28.9 Å².